The van der Waals surface area contributed by atoms with E-state index in [1.54, 1.807) is 0 Å². The normalized spacial score (nSPS) is 19.3. The van der Waals surface area contributed by atoms with Crippen LogP contribution in [0.15, 0.2) is 0 Å². The number of hydrogen-bond donors (Lipinski definition) is 0. The molecule has 0 atom stereocenters. The molecule has 1 saturated carbocycles. The average Bonchev–Trinajstić information content (AvgIpc) is 2.34. The number of hydrogen-bond acceptors (Lipinski definition) is 1. The van der Waals surface area contributed by atoms with Crippen LogP contribution in [0.1, 0.15) is 59.3 Å². The summed E-state index contributed by atoms with van der Waals surface area (Å²) >= 11 is 0. The minimum atomic E-state index is 0.176. The summed E-state index contributed by atoms with van der Waals surface area (Å²) < 4.78 is 0. The molecule has 1 heteroatoms. The van der Waals surface area contributed by atoms with Gasteiger partial charge in [0.25, 0.3) is 0 Å². The lowest BCUT2D eigenvalue weighted by atomic mass is 9.87. The molecule has 0 aromatic heterocycles. The van der Waals surface area contributed by atoms with Gasteiger partial charge in [0, 0.05) is 12.8 Å². The van der Waals surface area contributed by atoms with Crippen molar-refractivity contribution in [1.29, 1.82) is 0 Å². The van der Waals surface area contributed by atoms with Gasteiger partial charge >= 0.3 is 0 Å². The van der Waals surface area contributed by atoms with Crippen LogP contribution < -0.4 is 0 Å². The Morgan fingerprint density at radius 2 is 1.77 bits per heavy atom. The minimum Gasteiger partial charge on any atom is -0.300 e. The first-order valence-corrected chi connectivity index (χ1v) is 5.49. The van der Waals surface area contributed by atoms with Crippen molar-refractivity contribution in [2.75, 3.05) is 0 Å². The Morgan fingerprint density at radius 3 is 2.23 bits per heavy atom. The van der Waals surface area contributed by atoms with Crippen LogP contribution in [0.3, 0.4) is 0 Å². The van der Waals surface area contributed by atoms with E-state index in [2.05, 4.69) is 20.8 Å². The maximum atomic E-state index is 11.6. The van der Waals surface area contributed by atoms with Gasteiger partial charge in [-0.3, -0.25) is 4.79 Å². The Balaban J connectivity index is 2.24. The molecule has 0 aliphatic heterocycles. The SMILES string of the molecule is CC(C)(C)CC(=O)CC1CCCC1. The summed E-state index contributed by atoms with van der Waals surface area (Å²) in [5, 5.41) is 0. The lowest BCUT2D eigenvalue weighted by Crippen LogP contribution is -2.15. The zero-order valence-corrected chi connectivity index (χ0v) is 9.23. The standard InChI is InChI=1S/C12H22O/c1-12(2,3)9-11(13)8-10-6-4-5-7-10/h10H,4-9H2,1-3H3. The molecule has 1 aliphatic carbocycles. The molecule has 1 nitrogen and oxygen atoms in total. The van der Waals surface area contributed by atoms with Gasteiger partial charge in [0.1, 0.15) is 5.78 Å². The van der Waals surface area contributed by atoms with Crippen LogP contribution in [-0.2, 0) is 4.79 Å². The van der Waals surface area contributed by atoms with Crippen LogP contribution in [0, 0.1) is 11.3 Å². The summed E-state index contributed by atoms with van der Waals surface area (Å²) in [5.74, 6) is 1.19. The highest BCUT2D eigenvalue weighted by atomic mass is 16.1. The average molecular weight is 182 g/mol. The zero-order chi connectivity index (χ0) is 9.90. The predicted octanol–water partition coefficient (Wildman–Crippen LogP) is 3.57. The highest BCUT2D eigenvalue weighted by molar-refractivity contribution is 5.79. The molecule has 0 heterocycles. The van der Waals surface area contributed by atoms with Gasteiger partial charge in [0.05, 0.1) is 0 Å². The number of ketones is 1. The van der Waals surface area contributed by atoms with Crippen molar-refractivity contribution in [1.82, 2.24) is 0 Å². The summed E-state index contributed by atoms with van der Waals surface area (Å²) in [4.78, 5) is 11.6. The molecular weight excluding hydrogens is 160 g/mol. The Hall–Kier alpha value is -0.330. The van der Waals surface area contributed by atoms with Crippen LogP contribution in [0.5, 0.6) is 0 Å². The lowest BCUT2D eigenvalue weighted by Gasteiger charge is -2.18. The first-order chi connectivity index (χ1) is 5.97. The van der Waals surface area contributed by atoms with E-state index in [1.807, 2.05) is 0 Å². The fourth-order valence-corrected chi connectivity index (χ4v) is 2.20. The smallest absolute Gasteiger partial charge is 0.133 e. The van der Waals surface area contributed by atoms with Gasteiger partial charge < -0.3 is 0 Å². The van der Waals surface area contributed by atoms with Crippen molar-refractivity contribution >= 4 is 5.78 Å². The molecule has 0 spiro atoms. The molecule has 1 aliphatic rings. The summed E-state index contributed by atoms with van der Waals surface area (Å²) in [6, 6.07) is 0. The zero-order valence-electron chi connectivity index (χ0n) is 9.23. The highest BCUT2D eigenvalue weighted by Gasteiger charge is 2.21. The van der Waals surface area contributed by atoms with Gasteiger partial charge in [-0.25, -0.2) is 0 Å². The van der Waals surface area contributed by atoms with E-state index in [1.165, 1.54) is 25.7 Å². The molecule has 0 aromatic carbocycles. The fourth-order valence-electron chi connectivity index (χ4n) is 2.20. The van der Waals surface area contributed by atoms with Gasteiger partial charge in [0.2, 0.25) is 0 Å². The van der Waals surface area contributed by atoms with Crippen molar-refractivity contribution < 1.29 is 4.79 Å². The molecule has 13 heavy (non-hydrogen) atoms. The maximum Gasteiger partial charge on any atom is 0.133 e. The van der Waals surface area contributed by atoms with E-state index >= 15 is 0 Å². The molecule has 0 radical (unpaired) electrons. The van der Waals surface area contributed by atoms with Gasteiger partial charge in [-0.15, -0.1) is 0 Å². The quantitative estimate of drug-likeness (QED) is 0.652. The molecular formula is C12H22O. The summed E-state index contributed by atoms with van der Waals surface area (Å²) in [7, 11) is 0. The fraction of sp³-hybridized carbons (Fsp3) is 0.917. The van der Waals surface area contributed by atoms with E-state index < -0.39 is 0 Å². The molecule has 0 saturated heterocycles. The van der Waals surface area contributed by atoms with Crippen molar-refractivity contribution in [2.45, 2.75) is 59.3 Å². The molecule has 1 fully saturated rings. The van der Waals surface area contributed by atoms with Crippen LogP contribution in [0.4, 0.5) is 0 Å². The summed E-state index contributed by atoms with van der Waals surface area (Å²) in [5.41, 5.74) is 0.176. The second-order valence-corrected chi connectivity index (χ2v) is 5.63. The first-order valence-electron chi connectivity index (χ1n) is 5.49. The molecule has 0 unspecified atom stereocenters. The van der Waals surface area contributed by atoms with E-state index in [0.29, 0.717) is 5.78 Å². The molecule has 1 rings (SSSR count). The molecule has 0 amide bonds. The lowest BCUT2D eigenvalue weighted by molar-refractivity contribution is -0.121. The molecule has 0 bridgehead atoms. The monoisotopic (exact) mass is 182 g/mol. The van der Waals surface area contributed by atoms with Crippen molar-refractivity contribution in [3.63, 3.8) is 0 Å². The van der Waals surface area contributed by atoms with Crippen LogP contribution in [0.25, 0.3) is 0 Å². The highest BCUT2D eigenvalue weighted by Crippen LogP contribution is 2.29. The third kappa shape index (κ3) is 4.44. The topological polar surface area (TPSA) is 17.1 Å². The van der Waals surface area contributed by atoms with E-state index in [-0.39, 0.29) is 5.41 Å². The third-order valence-corrected chi connectivity index (χ3v) is 2.72. The summed E-state index contributed by atoms with van der Waals surface area (Å²) in [6.45, 7) is 6.42. The van der Waals surface area contributed by atoms with Crippen molar-refractivity contribution in [3.8, 4) is 0 Å². The van der Waals surface area contributed by atoms with Crippen molar-refractivity contribution in [2.24, 2.45) is 11.3 Å². The Morgan fingerprint density at radius 1 is 1.23 bits per heavy atom. The Bertz CT molecular complexity index is 170. The van der Waals surface area contributed by atoms with Gasteiger partial charge in [-0.05, 0) is 11.3 Å². The van der Waals surface area contributed by atoms with Crippen molar-refractivity contribution in [3.05, 3.63) is 0 Å². The Kier molecular flexibility index (Phi) is 3.52. The second kappa shape index (κ2) is 4.26. The Labute approximate surface area is 81.9 Å². The van der Waals surface area contributed by atoms with Gasteiger partial charge in [0.15, 0.2) is 0 Å². The van der Waals surface area contributed by atoms with Crippen LogP contribution in [0.2, 0.25) is 0 Å². The van der Waals surface area contributed by atoms with Gasteiger partial charge in [-0.1, -0.05) is 46.5 Å². The number of rotatable bonds is 3. The first kappa shape index (κ1) is 10.7. The van der Waals surface area contributed by atoms with Gasteiger partial charge in [-0.2, -0.15) is 0 Å². The molecule has 0 N–H and O–H groups in total. The van der Waals surface area contributed by atoms with E-state index in [4.69, 9.17) is 0 Å². The summed E-state index contributed by atoms with van der Waals surface area (Å²) in [6.07, 6.45) is 6.85. The molecule has 0 aromatic rings. The molecule has 76 valence electrons. The second-order valence-electron chi connectivity index (χ2n) is 5.63. The van der Waals surface area contributed by atoms with E-state index in [9.17, 15) is 4.79 Å². The largest absolute Gasteiger partial charge is 0.300 e. The number of Topliss-reactive ketones (excluding diaryl/α,β-unsaturated/α-hetero) is 1. The maximum absolute atomic E-state index is 11.6. The van der Waals surface area contributed by atoms with E-state index in [0.717, 1.165) is 18.8 Å². The van der Waals surface area contributed by atoms with Crippen LogP contribution in [-0.4, -0.2) is 5.78 Å². The minimum absolute atomic E-state index is 0.176. The number of carbonyl (C=O) groups excluding carboxylic acids is 1. The number of carbonyl (C=O) groups is 1. The van der Waals surface area contributed by atoms with Crippen LogP contribution >= 0.6 is 0 Å². The third-order valence-electron chi connectivity index (χ3n) is 2.72. The predicted molar refractivity (Wildman–Crippen MR) is 55.7 cm³/mol.